The van der Waals surface area contributed by atoms with E-state index in [-0.39, 0.29) is 24.5 Å². The van der Waals surface area contributed by atoms with Crippen LogP contribution < -0.4 is 11.1 Å². The Balaban J connectivity index is 2.24. The van der Waals surface area contributed by atoms with E-state index in [4.69, 9.17) is 22.1 Å². The first-order chi connectivity index (χ1) is 9.90. The molecule has 1 fully saturated rings. The lowest BCUT2D eigenvalue weighted by Gasteiger charge is -2.17. The number of hydrogen-bond acceptors (Lipinski definition) is 4. The van der Waals surface area contributed by atoms with E-state index in [0.717, 1.165) is 0 Å². The van der Waals surface area contributed by atoms with Crippen molar-refractivity contribution in [1.82, 2.24) is 4.90 Å². The van der Waals surface area contributed by atoms with Gasteiger partial charge in [0.2, 0.25) is 5.91 Å². The Morgan fingerprint density at radius 3 is 2.67 bits per heavy atom. The largest absolute Gasteiger partial charge is 0.379 e. The fraction of sp³-hybridized carbons (Fsp3) is 0.429. The molecule has 0 aromatic heterocycles. The third kappa shape index (κ3) is 3.53. The van der Waals surface area contributed by atoms with Gasteiger partial charge < -0.3 is 20.7 Å². The molecule has 0 saturated carbocycles. The highest BCUT2D eigenvalue weighted by molar-refractivity contribution is 6.31. The van der Waals surface area contributed by atoms with E-state index in [1.807, 2.05) is 0 Å². The topological polar surface area (TPSA) is 84.7 Å². The fourth-order valence-corrected chi connectivity index (χ4v) is 2.29. The molecule has 2 amide bonds. The Bertz CT molecular complexity index is 562. The van der Waals surface area contributed by atoms with Crippen molar-refractivity contribution in [3.8, 4) is 0 Å². The van der Waals surface area contributed by atoms with Crippen LogP contribution in [0.5, 0.6) is 0 Å². The lowest BCUT2D eigenvalue weighted by atomic mass is 10.0. The highest BCUT2D eigenvalue weighted by Gasteiger charge is 2.32. The molecule has 21 heavy (non-hydrogen) atoms. The van der Waals surface area contributed by atoms with Crippen molar-refractivity contribution in [2.75, 3.05) is 32.6 Å². The normalized spacial score (nSPS) is 21.1. The Hall–Kier alpha value is -1.63. The van der Waals surface area contributed by atoms with Crippen LogP contribution in [0.15, 0.2) is 18.2 Å². The summed E-state index contributed by atoms with van der Waals surface area (Å²) in [5.41, 5.74) is 6.58. The van der Waals surface area contributed by atoms with Crippen molar-refractivity contribution in [3.63, 3.8) is 0 Å². The number of carbonyl (C=O) groups excluding carboxylic acids is 2. The first-order valence-corrected chi connectivity index (χ1v) is 6.93. The molecule has 1 aliphatic heterocycles. The van der Waals surface area contributed by atoms with Gasteiger partial charge in [0.1, 0.15) is 0 Å². The Labute approximate surface area is 128 Å². The van der Waals surface area contributed by atoms with Crippen molar-refractivity contribution < 1.29 is 14.3 Å². The number of halogens is 1. The van der Waals surface area contributed by atoms with Gasteiger partial charge in [-0.05, 0) is 18.2 Å². The molecule has 1 heterocycles. The summed E-state index contributed by atoms with van der Waals surface area (Å²) in [7, 11) is 3.28. The number of anilines is 1. The molecule has 0 bridgehead atoms. The van der Waals surface area contributed by atoms with Crippen LogP contribution in [-0.2, 0) is 9.53 Å². The molecule has 1 aliphatic rings. The number of rotatable bonds is 3. The summed E-state index contributed by atoms with van der Waals surface area (Å²) in [6.07, 6.45) is 0. The number of nitrogens with zero attached hydrogens (tertiary/aromatic N) is 1. The molecule has 0 radical (unpaired) electrons. The standard InChI is InChI=1S/C14H18ClN3O3/c1-18(2)14(20)9-4-3-8(15)5-12(9)17-13(19)10-6-21-7-11(10)16/h3-5,10-11H,6-7,16H2,1-2H3,(H,17,19). The van der Waals surface area contributed by atoms with E-state index in [1.165, 1.54) is 4.90 Å². The van der Waals surface area contributed by atoms with Gasteiger partial charge in [-0.3, -0.25) is 9.59 Å². The second-order valence-corrected chi connectivity index (χ2v) is 5.62. The van der Waals surface area contributed by atoms with Gasteiger partial charge in [0, 0.05) is 25.2 Å². The number of nitrogens with two attached hydrogens (primary N) is 1. The average Bonchev–Trinajstić information content (AvgIpc) is 2.84. The summed E-state index contributed by atoms with van der Waals surface area (Å²) >= 11 is 5.95. The molecule has 1 saturated heterocycles. The van der Waals surface area contributed by atoms with Crippen molar-refractivity contribution >= 4 is 29.1 Å². The molecule has 3 N–H and O–H groups in total. The first-order valence-electron chi connectivity index (χ1n) is 6.55. The highest BCUT2D eigenvalue weighted by atomic mass is 35.5. The van der Waals surface area contributed by atoms with Gasteiger partial charge in [-0.1, -0.05) is 11.6 Å². The molecule has 1 aromatic rings. The van der Waals surface area contributed by atoms with Crippen LogP contribution in [0.3, 0.4) is 0 Å². The van der Waals surface area contributed by atoms with Crippen LogP contribution in [0.2, 0.25) is 5.02 Å². The maximum Gasteiger partial charge on any atom is 0.255 e. The van der Waals surface area contributed by atoms with Gasteiger partial charge in [-0.15, -0.1) is 0 Å². The number of benzene rings is 1. The van der Waals surface area contributed by atoms with Gasteiger partial charge >= 0.3 is 0 Å². The van der Waals surface area contributed by atoms with Crippen LogP contribution >= 0.6 is 11.6 Å². The number of amides is 2. The molecule has 2 unspecified atom stereocenters. The third-order valence-electron chi connectivity index (χ3n) is 3.34. The zero-order valence-corrected chi connectivity index (χ0v) is 12.7. The molecule has 114 valence electrons. The number of nitrogens with one attached hydrogen (secondary N) is 1. The minimum absolute atomic E-state index is 0.214. The zero-order valence-electron chi connectivity index (χ0n) is 11.9. The van der Waals surface area contributed by atoms with Gasteiger partial charge in [0.15, 0.2) is 0 Å². The Morgan fingerprint density at radius 1 is 1.38 bits per heavy atom. The molecule has 0 aliphatic carbocycles. The van der Waals surface area contributed by atoms with Crippen molar-refractivity contribution in [3.05, 3.63) is 28.8 Å². The van der Waals surface area contributed by atoms with Gasteiger partial charge in [-0.2, -0.15) is 0 Å². The number of carbonyl (C=O) groups is 2. The highest BCUT2D eigenvalue weighted by Crippen LogP contribution is 2.24. The SMILES string of the molecule is CN(C)C(=O)c1ccc(Cl)cc1NC(=O)C1COCC1N. The molecule has 6 nitrogen and oxygen atoms in total. The van der Waals surface area contributed by atoms with Crippen LogP contribution in [0.25, 0.3) is 0 Å². The predicted molar refractivity (Wildman–Crippen MR) is 80.4 cm³/mol. The fourth-order valence-electron chi connectivity index (χ4n) is 2.11. The van der Waals surface area contributed by atoms with E-state index >= 15 is 0 Å². The van der Waals surface area contributed by atoms with Crippen LogP contribution in [-0.4, -0.2) is 50.1 Å². The van der Waals surface area contributed by atoms with E-state index < -0.39 is 5.92 Å². The lowest BCUT2D eigenvalue weighted by Crippen LogP contribution is -2.37. The number of hydrogen-bond donors (Lipinski definition) is 2. The van der Waals surface area contributed by atoms with Gasteiger partial charge in [0.25, 0.3) is 5.91 Å². The van der Waals surface area contributed by atoms with Crippen molar-refractivity contribution in [2.45, 2.75) is 6.04 Å². The van der Waals surface area contributed by atoms with Gasteiger partial charge in [-0.25, -0.2) is 0 Å². The minimum atomic E-state index is -0.425. The number of ether oxygens (including phenoxy) is 1. The summed E-state index contributed by atoms with van der Waals surface area (Å²) in [6.45, 7) is 0.641. The zero-order chi connectivity index (χ0) is 15.6. The quantitative estimate of drug-likeness (QED) is 0.870. The molecule has 2 atom stereocenters. The predicted octanol–water partition coefficient (Wildman–Crippen LogP) is 0.954. The summed E-state index contributed by atoms with van der Waals surface area (Å²) in [5, 5.41) is 3.17. The van der Waals surface area contributed by atoms with Gasteiger partial charge in [0.05, 0.1) is 30.4 Å². The summed E-state index contributed by atoms with van der Waals surface area (Å²) in [4.78, 5) is 25.8. The molecule has 2 rings (SSSR count). The minimum Gasteiger partial charge on any atom is -0.379 e. The second kappa shape index (κ2) is 6.43. The molecular weight excluding hydrogens is 294 g/mol. The first kappa shape index (κ1) is 15.8. The lowest BCUT2D eigenvalue weighted by molar-refractivity contribution is -0.120. The third-order valence-corrected chi connectivity index (χ3v) is 3.57. The van der Waals surface area contributed by atoms with Crippen molar-refractivity contribution in [2.24, 2.45) is 11.7 Å². The van der Waals surface area contributed by atoms with Crippen LogP contribution in [0.4, 0.5) is 5.69 Å². The summed E-state index contributed by atoms with van der Waals surface area (Å²) < 4.78 is 5.18. The molecule has 1 aromatic carbocycles. The summed E-state index contributed by atoms with van der Waals surface area (Å²) in [5.74, 6) is -0.907. The Kier molecular flexibility index (Phi) is 4.82. The van der Waals surface area contributed by atoms with E-state index in [1.54, 1.807) is 32.3 Å². The maximum atomic E-state index is 12.2. The smallest absolute Gasteiger partial charge is 0.255 e. The molecule has 0 spiro atoms. The van der Waals surface area contributed by atoms with Crippen LogP contribution in [0.1, 0.15) is 10.4 Å². The second-order valence-electron chi connectivity index (χ2n) is 5.19. The maximum absolute atomic E-state index is 12.2. The molecule has 7 heteroatoms. The summed E-state index contributed by atoms with van der Waals surface area (Å²) in [6, 6.07) is 4.42. The molecular formula is C14H18ClN3O3. The van der Waals surface area contributed by atoms with E-state index in [2.05, 4.69) is 5.32 Å². The van der Waals surface area contributed by atoms with Crippen molar-refractivity contribution in [1.29, 1.82) is 0 Å². The Morgan fingerprint density at radius 2 is 2.10 bits per heavy atom. The van der Waals surface area contributed by atoms with E-state index in [9.17, 15) is 9.59 Å². The average molecular weight is 312 g/mol. The van der Waals surface area contributed by atoms with Crippen LogP contribution in [0, 0.1) is 5.92 Å². The monoisotopic (exact) mass is 311 g/mol. The van der Waals surface area contributed by atoms with E-state index in [0.29, 0.717) is 22.9 Å².